The number of anilines is 1. The molecule has 2 aromatic rings. The Balaban J connectivity index is 0.000000393. The quantitative estimate of drug-likeness (QED) is 0.166. The highest BCUT2D eigenvalue weighted by molar-refractivity contribution is 14.1. The molecule has 1 amide bonds. The number of carbonyl (C=O) groups is 3. The number of rotatable bonds is 6. The SMILES string of the molecule is CC(C)(C)OC(=O)N1CCC(CC(=O)Cc2cncc(Br)c2)CC1.CCI.Nc1cncc(Br)c1.O=C(O)CC1CCN(Br)CC1. The summed E-state index contributed by atoms with van der Waals surface area (Å²) in [5.74, 6) is 0.293. The normalized spacial score (nSPS) is 15.6. The molecule has 4 rings (SSSR count). The lowest BCUT2D eigenvalue weighted by Crippen LogP contribution is -2.42. The number of likely N-dealkylation sites (tertiary alicyclic amines) is 1. The molecule has 3 N–H and O–H groups in total. The summed E-state index contributed by atoms with van der Waals surface area (Å²) in [7, 11) is 0. The molecule has 10 nitrogen and oxygen atoms in total. The van der Waals surface area contributed by atoms with E-state index in [0.717, 1.165) is 53.3 Å². The van der Waals surface area contributed by atoms with Crippen LogP contribution in [0.2, 0.25) is 0 Å². The second kappa shape index (κ2) is 23.1. The smallest absolute Gasteiger partial charge is 0.410 e. The van der Waals surface area contributed by atoms with Gasteiger partial charge in [0.05, 0.1) is 5.69 Å². The fourth-order valence-electron chi connectivity index (χ4n) is 4.60. The summed E-state index contributed by atoms with van der Waals surface area (Å²) in [6, 6.07) is 3.73. The number of carbonyl (C=O) groups excluding carboxylic acids is 2. The molecule has 0 bridgehead atoms. The molecule has 0 spiro atoms. The molecule has 0 aromatic carbocycles. The van der Waals surface area contributed by atoms with Crippen LogP contribution < -0.4 is 5.73 Å². The molecular formula is C32H47Br3IN5O5. The van der Waals surface area contributed by atoms with Crippen molar-refractivity contribution in [2.45, 2.75) is 78.2 Å². The summed E-state index contributed by atoms with van der Waals surface area (Å²) in [5.41, 5.74) is 6.51. The first-order valence-corrected chi connectivity index (χ1v) is 19.1. The fourth-order valence-corrected chi connectivity index (χ4v) is 5.81. The van der Waals surface area contributed by atoms with Gasteiger partial charge in [0.15, 0.2) is 0 Å². The number of hydrogen-bond acceptors (Lipinski definition) is 8. The Bertz CT molecular complexity index is 1190. The zero-order valence-electron chi connectivity index (χ0n) is 27.1. The van der Waals surface area contributed by atoms with Crippen LogP contribution in [-0.2, 0) is 20.7 Å². The molecule has 0 aliphatic carbocycles. The first-order valence-electron chi connectivity index (χ1n) is 15.2. The van der Waals surface area contributed by atoms with Gasteiger partial charge in [-0.2, -0.15) is 0 Å². The minimum absolute atomic E-state index is 0.227. The van der Waals surface area contributed by atoms with E-state index in [4.69, 9.17) is 15.6 Å². The molecule has 4 heterocycles. The van der Waals surface area contributed by atoms with Gasteiger partial charge in [0, 0.05) is 95.3 Å². The summed E-state index contributed by atoms with van der Waals surface area (Å²) < 4.78 is 10.5. The molecule has 2 aliphatic rings. The number of carboxylic acid groups (broad SMARTS) is 1. The number of amides is 1. The number of nitrogens with two attached hydrogens (primary N) is 1. The number of nitrogen functional groups attached to an aromatic ring is 1. The number of hydrogen-bond donors (Lipinski definition) is 2. The van der Waals surface area contributed by atoms with E-state index in [0.29, 0.717) is 49.9 Å². The number of aliphatic carboxylic acids is 1. The van der Waals surface area contributed by atoms with Gasteiger partial charge in [-0.05, 0) is 112 Å². The molecule has 14 heteroatoms. The summed E-state index contributed by atoms with van der Waals surface area (Å²) in [4.78, 5) is 44.2. The molecule has 2 aromatic heterocycles. The maximum absolute atomic E-state index is 12.2. The fraction of sp³-hybridized carbons (Fsp3) is 0.594. The topological polar surface area (TPSA) is 139 Å². The van der Waals surface area contributed by atoms with E-state index < -0.39 is 11.6 Å². The number of carboxylic acids is 1. The van der Waals surface area contributed by atoms with Crippen molar-refractivity contribution in [1.29, 1.82) is 0 Å². The van der Waals surface area contributed by atoms with E-state index in [2.05, 4.69) is 91.4 Å². The van der Waals surface area contributed by atoms with Crippen LogP contribution in [0.15, 0.2) is 45.9 Å². The van der Waals surface area contributed by atoms with Crippen LogP contribution in [0.3, 0.4) is 0 Å². The van der Waals surface area contributed by atoms with Crippen molar-refractivity contribution >= 4 is 94.1 Å². The molecule has 0 saturated carbocycles. The van der Waals surface area contributed by atoms with Crippen LogP contribution in [0.5, 0.6) is 0 Å². The maximum Gasteiger partial charge on any atom is 0.410 e. The van der Waals surface area contributed by atoms with Crippen molar-refractivity contribution in [3.8, 4) is 0 Å². The van der Waals surface area contributed by atoms with Crippen molar-refractivity contribution in [2.24, 2.45) is 11.8 Å². The lowest BCUT2D eigenvalue weighted by molar-refractivity contribution is -0.138. The second-order valence-corrected chi connectivity index (χ2v) is 16.4. The number of Topliss-reactive ketones (excluding diaryl/α,β-unsaturated/α-hetero) is 1. The number of alkyl halides is 1. The van der Waals surface area contributed by atoms with E-state index >= 15 is 0 Å². The van der Waals surface area contributed by atoms with Crippen LogP contribution in [0.25, 0.3) is 0 Å². The molecule has 2 aliphatic heterocycles. The molecule has 258 valence electrons. The van der Waals surface area contributed by atoms with Crippen molar-refractivity contribution in [3.05, 3.63) is 51.4 Å². The Morgan fingerprint density at radius 1 is 0.935 bits per heavy atom. The number of pyridine rings is 2. The lowest BCUT2D eigenvalue weighted by Gasteiger charge is -2.33. The van der Waals surface area contributed by atoms with E-state index in [1.807, 2.05) is 26.8 Å². The van der Waals surface area contributed by atoms with Crippen molar-refractivity contribution < 1.29 is 24.2 Å². The van der Waals surface area contributed by atoms with E-state index in [9.17, 15) is 14.4 Å². The van der Waals surface area contributed by atoms with Gasteiger partial charge in [-0.25, -0.2) is 8.72 Å². The highest BCUT2D eigenvalue weighted by Gasteiger charge is 2.27. The monoisotopic (exact) mass is 945 g/mol. The molecule has 46 heavy (non-hydrogen) atoms. The summed E-state index contributed by atoms with van der Waals surface area (Å²) in [6.07, 6.45) is 11.5. The minimum Gasteiger partial charge on any atom is -0.481 e. The van der Waals surface area contributed by atoms with Crippen molar-refractivity contribution in [2.75, 3.05) is 36.3 Å². The first-order chi connectivity index (χ1) is 21.6. The Morgan fingerprint density at radius 3 is 1.89 bits per heavy atom. The van der Waals surface area contributed by atoms with E-state index in [1.165, 1.54) is 4.43 Å². The van der Waals surface area contributed by atoms with E-state index in [1.54, 1.807) is 35.8 Å². The third kappa shape index (κ3) is 20.8. The zero-order chi connectivity index (χ0) is 34.7. The van der Waals surface area contributed by atoms with Crippen LogP contribution >= 0.6 is 70.6 Å². The van der Waals surface area contributed by atoms with Gasteiger partial charge in [0.1, 0.15) is 11.4 Å². The number of nitrogens with zero attached hydrogens (tertiary/aromatic N) is 4. The van der Waals surface area contributed by atoms with Gasteiger partial charge in [-0.3, -0.25) is 19.6 Å². The maximum atomic E-state index is 12.2. The average Bonchev–Trinajstić information content (AvgIpc) is 2.94. The Labute approximate surface area is 312 Å². The lowest BCUT2D eigenvalue weighted by atomic mass is 9.90. The Kier molecular flexibility index (Phi) is 21.4. The van der Waals surface area contributed by atoms with Crippen LogP contribution in [0.1, 0.15) is 71.8 Å². The molecule has 2 fully saturated rings. The highest BCUT2D eigenvalue weighted by atomic mass is 127. The first kappa shape index (κ1) is 42.7. The standard InChI is InChI=1S/C18H25BrN2O3.C7H12BrNO2.C5H5BrN2.C2H5I/c1-18(2,3)24-17(23)21-6-4-13(5-7-21)9-16(22)10-14-8-15(19)12-20-11-14;8-9-3-1-6(2-4-9)5-7(10)11;6-4-1-5(7)3-8-2-4;1-2-3/h8,11-13H,4-7,9-10H2,1-3H3;6H,1-5H2,(H,10,11);1-3H,7H2;2H2,1H3. The van der Waals surface area contributed by atoms with Crippen LogP contribution in [-0.4, -0.2) is 78.0 Å². The summed E-state index contributed by atoms with van der Waals surface area (Å²) in [5, 5.41) is 8.51. The van der Waals surface area contributed by atoms with E-state index in [-0.39, 0.29) is 11.9 Å². The minimum atomic E-state index is -0.668. The molecule has 0 radical (unpaired) electrons. The van der Waals surface area contributed by atoms with Gasteiger partial charge in [-0.1, -0.05) is 29.5 Å². The number of halogens is 4. The van der Waals surface area contributed by atoms with Crippen LogP contribution in [0, 0.1) is 11.8 Å². The summed E-state index contributed by atoms with van der Waals surface area (Å²) >= 11 is 12.2. The van der Waals surface area contributed by atoms with Gasteiger partial charge in [0.25, 0.3) is 0 Å². The van der Waals surface area contributed by atoms with Crippen molar-refractivity contribution in [3.63, 3.8) is 0 Å². The van der Waals surface area contributed by atoms with Crippen molar-refractivity contribution in [1.82, 2.24) is 18.8 Å². The second-order valence-electron chi connectivity index (χ2n) is 12.0. The van der Waals surface area contributed by atoms with Gasteiger partial charge < -0.3 is 20.5 Å². The number of piperidine rings is 2. The van der Waals surface area contributed by atoms with Gasteiger partial charge >= 0.3 is 12.1 Å². The molecule has 0 atom stereocenters. The number of ether oxygens (including phenoxy) is 1. The average molecular weight is 948 g/mol. The third-order valence-corrected chi connectivity index (χ3v) is 8.27. The largest absolute Gasteiger partial charge is 0.481 e. The predicted octanol–water partition coefficient (Wildman–Crippen LogP) is 8.34. The molecule has 0 unspecified atom stereocenters. The van der Waals surface area contributed by atoms with Gasteiger partial charge in [0.2, 0.25) is 0 Å². The zero-order valence-corrected chi connectivity index (χ0v) is 34.0. The molecule has 2 saturated heterocycles. The number of aromatic nitrogens is 2. The number of ketones is 1. The van der Waals surface area contributed by atoms with Crippen LogP contribution in [0.4, 0.5) is 10.5 Å². The predicted molar refractivity (Wildman–Crippen MR) is 202 cm³/mol. The Hall–Kier alpha value is -1.36. The Morgan fingerprint density at radius 2 is 1.43 bits per heavy atom. The third-order valence-electron chi connectivity index (χ3n) is 6.69. The summed E-state index contributed by atoms with van der Waals surface area (Å²) in [6.45, 7) is 11.0. The highest BCUT2D eigenvalue weighted by Crippen LogP contribution is 2.24. The molecular weight excluding hydrogens is 901 g/mol. The van der Waals surface area contributed by atoms with Gasteiger partial charge in [-0.15, -0.1) is 0 Å².